The number of nitrogens with two attached hydrogens (primary N) is 4. The molecule has 38 heteroatoms. The fraction of sp³-hybridized carbons (Fsp3) is 0.337. The molecule has 13 amide bonds. The largest absolute Gasteiger partial charge is 0.508 e. The number of H-pyrrole nitrogens is 2. The molecule has 5 heterocycles. The summed E-state index contributed by atoms with van der Waals surface area (Å²) in [5.74, 6) is -14.3. The van der Waals surface area contributed by atoms with Gasteiger partial charge in [-0.1, -0.05) is 149 Å². The summed E-state index contributed by atoms with van der Waals surface area (Å²) in [5, 5.41) is 58.6. The first-order chi connectivity index (χ1) is 58.1. The maximum atomic E-state index is 15.5. The number of guanidine groups is 1. The first-order valence-corrected chi connectivity index (χ1v) is 42.6. The lowest BCUT2D eigenvalue weighted by molar-refractivity contribution is -0.141. The number of amides is 13. The number of aromatic nitrogens is 3. The summed E-state index contributed by atoms with van der Waals surface area (Å²) in [7, 11) is 1.79. The molecule has 2 bridgehead atoms. The summed E-state index contributed by atoms with van der Waals surface area (Å²) in [5.41, 5.74) is 29.0. The number of primary amides is 2. The SMILES string of the molecule is C[C@@H]1NC(=O)[C@H](CC(N)=O)NC(=O)C(Cc2c[nH]c3ccccc23)N2C[C@H](CCCNC(=N)N)NC(=O)[C@@H](CSCC2=O)NC(=O)[C@@H](Cc2ccc(-c3ccccc3)cc2)NC(=O)[C@H](Cc2c[nH]cn2)NC(=O)C(NC(=O)[C@@H](N)Cc2ccc(O)cc2)CSSC[C@@H](C(=O)N[C@@H](Cc2ccc(O)cc2)C(N)=O)NC(=O)C(Cc2ccccc2)NC1=O. The third-order valence-electron chi connectivity index (χ3n) is 20.1. The van der Waals surface area contributed by atoms with Gasteiger partial charge in [0.1, 0.15) is 71.9 Å². The number of phenolic OH excluding ortho intramolecular Hbond substituents is 2. The van der Waals surface area contributed by atoms with E-state index in [-0.39, 0.29) is 92.6 Å². The number of benzene rings is 6. The fourth-order valence-electron chi connectivity index (χ4n) is 13.6. The van der Waals surface area contributed by atoms with Crippen LogP contribution < -0.4 is 81.4 Å². The fourth-order valence-corrected chi connectivity index (χ4v) is 16.8. The van der Waals surface area contributed by atoms with Crippen LogP contribution in [0.25, 0.3) is 22.0 Å². The van der Waals surface area contributed by atoms with E-state index in [1.807, 2.05) is 42.5 Å². The van der Waals surface area contributed by atoms with Crippen molar-refractivity contribution in [1.29, 1.82) is 5.41 Å². The Labute approximate surface area is 708 Å². The van der Waals surface area contributed by atoms with Crippen LogP contribution in [0.2, 0.25) is 0 Å². The predicted octanol–water partition coefficient (Wildman–Crippen LogP) is -0.117. The lowest BCUT2D eigenvalue weighted by Crippen LogP contribution is -2.62. The van der Waals surface area contributed by atoms with Gasteiger partial charge in [-0.15, -0.1) is 11.8 Å². The summed E-state index contributed by atoms with van der Waals surface area (Å²) in [6, 6.07) is 25.3. The smallest absolute Gasteiger partial charge is 0.244 e. The Hall–Kier alpha value is -12.9. The lowest BCUT2D eigenvalue weighted by Gasteiger charge is -2.36. The van der Waals surface area contributed by atoms with Crippen molar-refractivity contribution in [1.82, 2.24) is 78.3 Å². The minimum atomic E-state index is -1.85. The molecule has 6 aromatic carbocycles. The summed E-state index contributed by atoms with van der Waals surface area (Å²) in [6.45, 7) is 0.927. The zero-order valence-corrected chi connectivity index (χ0v) is 68.4. The minimum Gasteiger partial charge on any atom is -0.508 e. The van der Waals surface area contributed by atoms with E-state index in [1.54, 1.807) is 85.1 Å². The van der Waals surface area contributed by atoms with Crippen molar-refractivity contribution in [3.63, 3.8) is 0 Å². The van der Waals surface area contributed by atoms with Crippen molar-refractivity contribution in [2.75, 3.05) is 36.1 Å². The molecule has 0 spiro atoms. The van der Waals surface area contributed by atoms with Crippen LogP contribution in [0.3, 0.4) is 0 Å². The monoisotopic (exact) mass is 1710 g/mol. The Morgan fingerprint density at radius 3 is 1.80 bits per heavy atom. The standard InChI is InChI=1S/C83H98N20O15S3/c1-46-73(109)96-62(33-47-11-4-2-5-12-47)76(112)102-68(80(116)95-61(72(86)108)32-50-22-28-57(105)29-23-50)43-121-120-42-67(100-74(110)59(84)31-48-20-26-56(104)27-21-48)81(117)98-64(36-55-39-89-45-92-55)78(114)97-63(34-49-18-24-52(25-19-49)51-13-6-3-7-14-51)77(113)101-66-41-119-44-71(107)103(40-54(94-79(66)115)15-10-30-90-83(87)88)69(35-53-38-91-60-17-9-8-16-58(53)60)82(118)99-65(37-70(85)106)75(111)93-46/h2-9,11-14,16-29,38-39,45-46,54,59,61-69,91,104-105H,10,15,30-37,40-44,84H2,1H3,(H2,85,106)(H2,86,108)(H,89,92)(H,93,111)(H,94,115)(H,95,116)(H,96,109)(H,97,114)(H,98,117)(H,99,118)(H,100,110)(H,101,113)(H,102,112)(H4,87,88,90)/t46-,54-,59-,61-,62?,63+,64-,65-,66+,67?,68-,69?/m0/s1. The summed E-state index contributed by atoms with van der Waals surface area (Å²) in [4.78, 5) is 204. The van der Waals surface area contributed by atoms with E-state index in [2.05, 4.69) is 73.4 Å². The molecular formula is C83H98N20O15S3. The Kier molecular flexibility index (Phi) is 33.0. The van der Waals surface area contributed by atoms with E-state index in [9.17, 15) is 39.0 Å². The molecule has 0 aliphatic carbocycles. The number of carbonyl (C=O) groups is 13. The van der Waals surface area contributed by atoms with E-state index in [0.717, 1.165) is 44.5 Å². The molecule has 3 fully saturated rings. The molecule has 2 aromatic heterocycles. The molecule has 3 aliphatic heterocycles. The Balaban J connectivity index is 1.06. The molecule has 35 nitrogen and oxygen atoms in total. The highest BCUT2D eigenvalue weighted by Crippen LogP contribution is 2.27. The highest BCUT2D eigenvalue weighted by molar-refractivity contribution is 8.76. The van der Waals surface area contributed by atoms with Gasteiger partial charge in [0, 0.05) is 91.8 Å². The number of carbonyl (C=O) groups excluding carboxylic acids is 13. The van der Waals surface area contributed by atoms with Crippen molar-refractivity contribution in [2.24, 2.45) is 22.9 Å². The number of rotatable bonds is 24. The Bertz CT molecular complexity index is 4960. The van der Waals surface area contributed by atoms with Crippen LogP contribution in [0, 0.1) is 5.41 Å². The number of nitrogens with zero attached hydrogens (tertiary/aromatic N) is 2. The first-order valence-electron chi connectivity index (χ1n) is 38.9. The van der Waals surface area contributed by atoms with Crippen molar-refractivity contribution in [3.05, 3.63) is 210 Å². The molecule has 8 aromatic rings. The number of phenols is 2. The number of nitrogens with one attached hydrogen (secondary N) is 14. The van der Waals surface area contributed by atoms with Crippen LogP contribution in [0.1, 0.15) is 59.7 Å². The van der Waals surface area contributed by atoms with Crippen molar-refractivity contribution < 1.29 is 72.5 Å². The van der Waals surface area contributed by atoms with Gasteiger partial charge in [0.15, 0.2) is 5.96 Å². The van der Waals surface area contributed by atoms with Gasteiger partial charge in [0.05, 0.1) is 30.2 Å². The molecule has 638 valence electrons. The Morgan fingerprint density at radius 2 is 1.15 bits per heavy atom. The van der Waals surface area contributed by atoms with E-state index in [0.29, 0.717) is 38.7 Å². The molecule has 0 radical (unpaired) electrons. The predicted molar refractivity (Wildman–Crippen MR) is 456 cm³/mol. The zero-order valence-electron chi connectivity index (χ0n) is 65.9. The van der Waals surface area contributed by atoms with Crippen LogP contribution >= 0.6 is 33.3 Å². The number of thioether (sulfide) groups is 1. The van der Waals surface area contributed by atoms with Crippen LogP contribution in [-0.2, 0) is 101 Å². The molecule has 3 unspecified atom stereocenters. The van der Waals surface area contributed by atoms with Crippen LogP contribution in [0.4, 0.5) is 0 Å². The number of imidazole rings is 1. The molecule has 3 aliphatic rings. The zero-order chi connectivity index (χ0) is 86.7. The van der Waals surface area contributed by atoms with Crippen molar-refractivity contribution in [2.45, 2.75) is 137 Å². The number of hydrogen-bond donors (Lipinski definition) is 20. The normalized spacial score (nSPS) is 21.6. The van der Waals surface area contributed by atoms with Crippen LogP contribution in [0.15, 0.2) is 176 Å². The number of para-hydroxylation sites is 1. The topological polar surface area (TPSA) is 570 Å². The quantitative estimate of drug-likeness (QED) is 0.0123. The average Bonchev–Trinajstić information content (AvgIpc) is 1.64. The van der Waals surface area contributed by atoms with E-state index in [4.69, 9.17) is 28.3 Å². The molecule has 11 rings (SSSR count). The number of fused-ring (bicyclic) bond motifs is 32. The van der Waals surface area contributed by atoms with E-state index < -0.39 is 174 Å². The average molecular weight is 1710 g/mol. The van der Waals surface area contributed by atoms with Crippen molar-refractivity contribution >= 4 is 127 Å². The highest BCUT2D eigenvalue weighted by atomic mass is 33.1. The van der Waals surface area contributed by atoms with E-state index in [1.165, 1.54) is 60.7 Å². The second-order valence-electron chi connectivity index (χ2n) is 29.3. The summed E-state index contributed by atoms with van der Waals surface area (Å²) >= 11 is 0.919. The van der Waals surface area contributed by atoms with E-state index >= 15 is 33.6 Å². The maximum Gasteiger partial charge on any atom is 0.244 e. The van der Waals surface area contributed by atoms with Gasteiger partial charge in [-0.3, -0.25) is 67.7 Å². The molecule has 3 saturated heterocycles. The summed E-state index contributed by atoms with van der Waals surface area (Å²) in [6.07, 6.45) is 2.44. The van der Waals surface area contributed by atoms with Gasteiger partial charge in [-0.05, 0) is 95.5 Å². The number of aromatic hydroxyl groups is 2. The van der Waals surface area contributed by atoms with Gasteiger partial charge >= 0.3 is 0 Å². The van der Waals surface area contributed by atoms with Crippen molar-refractivity contribution in [3.8, 4) is 22.6 Å². The van der Waals surface area contributed by atoms with Gasteiger partial charge < -0.3 is 107 Å². The molecule has 121 heavy (non-hydrogen) atoms. The second kappa shape index (κ2) is 44.2. The molecule has 0 saturated carbocycles. The Morgan fingerprint density at radius 1 is 0.579 bits per heavy atom. The van der Waals surface area contributed by atoms with Crippen LogP contribution in [0.5, 0.6) is 11.5 Å². The first kappa shape index (κ1) is 90.4. The van der Waals surface area contributed by atoms with Gasteiger partial charge in [0.25, 0.3) is 0 Å². The molecule has 12 atom stereocenters. The molecular weight excluding hydrogens is 1610 g/mol. The third-order valence-corrected chi connectivity index (χ3v) is 23.5. The number of hydrogen-bond acceptors (Lipinski definition) is 21. The number of aromatic amines is 2. The third kappa shape index (κ3) is 27.3. The van der Waals surface area contributed by atoms with Gasteiger partial charge in [0.2, 0.25) is 76.8 Å². The minimum absolute atomic E-state index is 0.0390. The van der Waals surface area contributed by atoms with Crippen LogP contribution in [-0.4, -0.2) is 221 Å². The summed E-state index contributed by atoms with van der Waals surface area (Å²) < 4.78 is 0. The molecule has 24 N–H and O–H groups in total. The second-order valence-corrected chi connectivity index (χ2v) is 32.8. The lowest BCUT2D eigenvalue weighted by atomic mass is 9.99. The van der Waals surface area contributed by atoms with Gasteiger partial charge in [-0.25, -0.2) is 4.98 Å². The van der Waals surface area contributed by atoms with Gasteiger partial charge in [-0.2, -0.15) is 0 Å². The highest BCUT2D eigenvalue weighted by Gasteiger charge is 2.40. The maximum absolute atomic E-state index is 15.5.